The minimum absolute atomic E-state index is 0.00586. The number of fused-ring (bicyclic) bond motifs is 1. The van der Waals surface area contributed by atoms with Gasteiger partial charge in [-0.2, -0.15) is 17.7 Å². The summed E-state index contributed by atoms with van der Waals surface area (Å²) in [6.07, 6.45) is -4.64. The highest BCUT2D eigenvalue weighted by Crippen LogP contribution is 2.28. The first-order valence-electron chi connectivity index (χ1n) is 6.76. The molecule has 0 unspecified atom stereocenters. The average molecular weight is 376 g/mol. The van der Waals surface area contributed by atoms with Crippen LogP contribution in [0.2, 0.25) is 10.0 Å². The van der Waals surface area contributed by atoms with Crippen LogP contribution in [0.5, 0.6) is 0 Å². The average Bonchev–Trinajstić information content (AvgIpc) is 2.89. The molecule has 10 heteroatoms. The molecule has 1 atom stereocenters. The number of anilines is 1. The van der Waals surface area contributed by atoms with Gasteiger partial charge >= 0.3 is 6.18 Å². The fraction of sp³-hybridized carbons (Fsp3) is 0.214. The predicted octanol–water partition coefficient (Wildman–Crippen LogP) is 4.62. The molecule has 126 valence electrons. The molecule has 0 radical (unpaired) electrons. The molecule has 0 spiro atoms. The maximum Gasteiger partial charge on any atom is 0.453 e. The smallest absolute Gasteiger partial charge is 0.362 e. The Hall–Kier alpha value is -2.06. The quantitative estimate of drug-likeness (QED) is 0.725. The number of hydrogen-bond acceptors (Lipinski definition) is 4. The summed E-state index contributed by atoms with van der Waals surface area (Å²) in [6.45, 7) is 1.81. The van der Waals surface area contributed by atoms with E-state index in [2.05, 4.69) is 20.6 Å². The Morgan fingerprint density at radius 3 is 2.38 bits per heavy atom. The Kier molecular flexibility index (Phi) is 4.27. The van der Waals surface area contributed by atoms with Crippen LogP contribution in [-0.2, 0) is 6.18 Å². The zero-order chi connectivity index (χ0) is 17.5. The summed E-state index contributed by atoms with van der Waals surface area (Å²) in [6, 6.07) is 7.66. The fourth-order valence-corrected chi connectivity index (χ4v) is 2.72. The van der Waals surface area contributed by atoms with E-state index in [0.717, 1.165) is 5.56 Å². The SMILES string of the molecule is C[C@@H](Nc1ccc2nnc(C(F)(F)F)n2n1)c1cc(Cl)cc(Cl)c1. The lowest BCUT2D eigenvalue weighted by molar-refractivity contribution is -0.146. The van der Waals surface area contributed by atoms with Crippen molar-refractivity contribution in [2.24, 2.45) is 0 Å². The van der Waals surface area contributed by atoms with E-state index in [-0.39, 0.29) is 17.5 Å². The molecule has 0 aliphatic carbocycles. The van der Waals surface area contributed by atoms with Crippen LogP contribution in [-0.4, -0.2) is 19.8 Å². The Labute approximate surface area is 144 Å². The first-order valence-corrected chi connectivity index (χ1v) is 7.52. The highest BCUT2D eigenvalue weighted by molar-refractivity contribution is 6.34. The molecule has 2 heterocycles. The third-order valence-corrected chi connectivity index (χ3v) is 3.70. The highest BCUT2D eigenvalue weighted by Gasteiger charge is 2.37. The molecule has 2 aromatic heterocycles. The molecule has 1 aromatic carbocycles. The zero-order valence-electron chi connectivity index (χ0n) is 12.1. The molecular weight excluding hydrogens is 366 g/mol. The van der Waals surface area contributed by atoms with Crippen LogP contribution < -0.4 is 5.32 Å². The van der Waals surface area contributed by atoms with Gasteiger partial charge < -0.3 is 5.32 Å². The number of rotatable bonds is 3. The summed E-state index contributed by atoms with van der Waals surface area (Å²) in [5.74, 6) is -0.948. The van der Waals surface area contributed by atoms with E-state index in [1.54, 1.807) is 18.2 Å². The van der Waals surface area contributed by atoms with Crippen molar-refractivity contribution in [3.63, 3.8) is 0 Å². The van der Waals surface area contributed by atoms with Gasteiger partial charge in [0.05, 0.1) is 6.04 Å². The fourth-order valence-electron chi connectivity index (χ4n) is 2.17. The monoisotopic (exact) mass is 375 g/mol. The van der Waals surface area contributed by atoms with Crippen LogP contribution in [0.4, 0.5) is 19.0 Å². The number of nitrogens with one attached hydrogen (secondary N) is 1. The molecule has 5 nitrogen and oxygen atoms in total. The molecule has 0 saturated carbocycles. The zero-order valence-corrected chi connectivity index (χ0v) is 13.7. The van der Waals surface area contributed by atoms with Crippen molar-refractivity contribution in [3.8, 4) is 0 Å². The second-order valence-electron chi connectivity index (χ2n) is 5.08. The predicted molar refractivity (Wildman–Crippen MR) is 84.3 cm³/mol. The molecule has 3 aromatic rings. The van der Waals surface area contributed by atoms with E-state index in [1.807, 2.05) is 6.92 Å². The van der Waals surface area contributed by atoms with Crippen molar-refractivity contribution in [3.05, 3.63) is 51.8 Å². The summed E-state index contributed by atoms with van der Waals surface area (Å²) >= 11 is 11.9. The van der Waals surface area contributed by atoms with E-state index >= 15 is 0 Å². The number of hydrogen-bond donors (Lipinski definition) is 1. The van der Waals surface area contributed by atoms with Crippen molar-refractivity contribution in [2.45, 2.75) is 19.1 Å². The van der Waals surface area contributed by atoms with E-state index in [0.29, 0.717) is 14.6 Å². The number of halogens is 5. The van der Waals surface area contributed by atoms with Gasteiger partial charge in [-0.3, -0.25) is 0 Å². The summed E-state index contributed by atoms with van der Waals surface area (Å²) in [4.78, 5) is 0. The van der Waals surface area contributed by atoms with Gasteiger partial charge in [0.1, 0.15) is 5.82 Å². The molecule has 0 aliphatic heterocycles. The Balaban J connectivity index is 1.92. The van der Waals surface area contributed by atoms with Crippen LogP contribution in [0.15, 0.2) is 30.3 Å². The van der Waals surface area contributed by atoms with E-state index in [9.17, 15) is 13.2 Å². The van der Waals surface area contributed by atoms with Gasteiger partial charge in [0, 0.05) is 10.0 Å². The molecule has 3 rings (SSSR count). The lowest BCUT2D eigenvalue weighted by atomic mass is 10.1. The third-order valence-electron chi connectivity index (χ3n) is 3.27. The highest BCUT2D eigenvalue weighted by atomic mass is 35.5. The standard InChI is InChI=1S/C14H10Cl2F3N5/c1-7(8-4-9(15)6-10(16)5-8)20-11-2-3-12-21-22-13(14(17,18)19)24(12)23-11/h2-7H,1H3,(H,20,23)/t7-/m1/s1. The molecule has 0 fully saturated rings. The van der Waals surface area contributed by atoms with Crippen molar-refractivity contribution in [2.75, 3.05) is 5.32 Å². The number of benzene rings is 1. The molecule has 0 amide bonds. The normalized spacial score (nSPS) is 13.2. The largest absolute Gasteiger partial charge is 0.453 e. The van der Waals surface area contributed by atoms with Gasteiger partial charge in [0.2, 0.25) is 0 Å². The molecular formula is C14H10Cl2F3N5. The summed E-state index contributed by atoms with van der Waals surface area (Å²) < 4.78 is 39.3. The minimum Gasteiger partial charge on any atom is -0.362 e. The lowest BCUT2D eigenvalue weighted by Gasteiger charge is -2.16. The topological polar surface area (TPSA) is 55.1 Å². The van der Waals surface area contributed by atoms with Gasteiger partial charge in [-0.1, -0.05) is 23.2 Å². The maximum absolute atomic E-state index is 12.9. The van der Waals surface area contributed by atoms with Gasteiger partial charge in [-0.15, -0.1) is 15.3 Å². The van der Waals surface area contributed by atoms with Crippen molar-refractivity contribution in [1.82, 2.24) is 19.8 Å². The lowest BCUT2D eigenvalue weighted by Crippen LogP contribution is -2.14. The summed E-state index contributed by atoms with van der Waals surface area (Å²) in [5, 5.41) is 14.4. The first kappa shape index (κ1) is 16.8. The van der Waals surface area contributed by atoms with E-state index < -0.39 is 12.0 Å². The van der Waals surface area contributed by atoms with Gasteiger partial charge in [0.15, 0.2) is 5.65 Å². The van der Waals surface area contributed by atoms with Crippen LogP contribution in [0.25, 0.3) is 5.65 Å². The number of aromatic nitrogens is 4. The molecule has 0 aliphatic rings. The molecule has 24 heavy (non-hydrogen) atoms. The summed E-state index contributed by atoms with van der Waals surface area (Å²) in [7, 11) is 0. The Morgan fingerprint density at radius 1 is 1.08 bits per heavy atom. The van der Waals surface area contributed by atoms with Crippen molar-refractivity contribution in [1.29, 1.82) is 0 Å². The number of nitrogens with zero attached hydrogens (tertiary/aromatic N) is 4. The van der Waals surface area contributed by atoms with E-state index in [1.165, 1.54) is 12.1 Å². The Morgan fingerprint density at radius 2 is 1.75 bits per heavy atom. The third kappa shape index (κ3) is 3.39. The second-order valence-corrected chi connectivity index (χ2v) is 5.95. The molecule has 0 bridgehead atoms. The van der Waals surface area contributed by atoms with Crippen LogP contribution in [0.1, 0.15) is 24.4 Å². The van der Waals surface area contributed by atoms with Gasteiger partial charge in [-0.05, 0) is 42.8 Å². The van der Waals surface area contributed by atoms with Crippen molar-refractivity contribution < 1.29 is 13.2 Å². The number of alkyl halides is 3. The van der Waals surface area contributed by atoms with Crippen molar-refractivity contribution >= 4 is 34.7 Å². The van der Waals surface area contributed by atoms with Gasteiger partial charge in [0.25, 0.3) is 5.82 Å². The maximum atomic E-state index is 12.9. The Bertz CT molecular complexity index is 873. The molecule has 1 N–H and O–H groups in total. The first-order chi connectivity index (χ1) is 11.2. The van der Waals surface area contributed by atoms with Gasteiger partial charge in [-0.25, -0.2) is 0 Å². The van der Waals surface area contributed by atoms with Crippen LogP contribution in [0.3, 0.4) is 0 Å². The van der Waals surface area contributed by atoms with E-state index in [4.69, 9.17) is 23.2 Å². The molecule has 0 saturated heterocycles. The van der Waals surface area contributed by atoms with Crippen LogP contribution in [0, 0.1) is 0 Å². The minimum atomic E-state index is -4.64. The second kappa shape index (κ2) is 6.10. The summed E-state index contributed by atoms with van der Waals surface area (Å²) in [5.41, 5.74) is 0.778. The van der Waals surface area contributed by atoms with Crippen LogP contribution >= 0.6 is 23.2 Å².